The summed E-state index contributed by atoms with van der Waals surface area (Å²) in [6.45, 7) is -2.58. The maximum absolute atomic E-state index is 7.99. The van der Waals surface area contributed by atoms with Crippen molar-refractivity contribution >= 4 is 28.0 Å². The highest BCUT2D eigenvalue weighted by atomic mass is 35.5. The van der Waals surface area contributed by atoms with Gasteiger partial charge in [-0.25, -0.2) is 0 Å². The van der Waals surface area contributed by atoms with Crippen LogP contribution < -0.4 is 0 Å². The lowest BCUT2D eigenvalue weighted by atomic mass is 10.2. The maximum atomic E-state index is 7.99. The second kappa shape index (κ2) is 4.01. The highest BCUT2D eigenvalue weighted by Gasteiger charge is 2.16. The van der Waals surface area contributed by atoms with Gasteiger partial charge in [-0.15, -0.1) is 10.2 Å². The average Bonchev–Trinajstić information content (AvgIpc) is 3.10. The lowest BCUT2D eigenvalue weighted by Crippen LogP contribution is -1.97. The Kier molecular flexibility index (Phi) is 1.60. The molecule has 3 aromatic heterocycles. The third-order valence-corrected chi connectivity index (χ3v) is 3.17. The zero-order valence-corrected chi connectivity index (χ0v) is 10.6. The van der Waals surface area contributed by atoms with E-state index in [1.807, 2.05) is 18.2 Å². The van der Waals surface area contributed by atoms with Crippen molar-refractivity contribution < 1.29 is 10.0 Å². The largest absolute Gasteiger partial charge is 0.361 e. The second-order valence-electron chi connectivity index (χ2n) is 4.08. The number of halogens is 1. The molecule has 7 heteroatoms. The first-order chi connectivity index (χ1) is 11.4. The number of fused-ring (bicyclic) bond motifs is 3. The average molecular weight is 290 g/mol. The van der Waals surface area contributed by atoms with Gasteiger partial charge >= 0.3 is 0 Å². The van der Waals surface area contributed by atoms with Crippen molar-refractivity contribution in [3.8, 4) is 11.5 Å². The van der Waals surface area contributed by atoms with Crippen LogP contribution in [0.5, 0.6) is 0 Å². The van der Waals surface area contributed by atoms with Gasteiger partial charge in [0.05, 0.1) is 1.37 Å². The normalized spacial score (nSPS) is 15.1. The Morgan fingerprint density at radius 3 is 2.95 bits per heavy atom. The molecule has 0 atom stereocenters. The van der Waals surface area contributed by atoms with Crippen molar-refractivity contribution in [2.24, 2.45) is 0 Å². The first-order valence-electron chi connectivity index (χ1n) is 7.64. The summed E-state index contributed by atoms with van der Waals surface area (Å²) in [5.74, 6) is -0.428. The molecule has 0 radical (unpaired) electrons. The van der Waals surface area contributed by atoms with Crippen LogP contribution in [0.4, 0.5) is 0 Å². The molecule has 4 rings (SSSR count). The summed E-state index contributed by atoms with van der Waals surface area (Å²) in [7, 11) is 0. The molecule has 0 saturated carbocycles. The predicted octanol–water partition coefficient (Wildman–Crippen LogP) is 2.89. The molecule has 0 bridgehead atoms. The lowest BCUT2D eigenvalue weighted by Gasteiger charge is -2.02. The Balaban J connectivity index is 2.01. The number of hydrogen-bond donors (Lipinski definition) is 0. The number of hydrogen-bond acceptors (Lipinski definition) is 5. The van der Waals surface area contributed by atoms with Gasteiger partial charge in [-0.2, -0.15) is 9.61 Å². The Hall–Kier alpha value is -2.47. The van der Waals surface area contributed by atoms with Crippen LogP contribution in [-0.4, -0.2) is 25.0 Å². The zero-order valence-electron chi connectivity index (χ0n) is 13.8. The smallest absolute Gasteiger partial charge is 0.207 e. The van der Waals surface area contributed by atoms with Gasteiger partial charge in [0.15, 0.2) is 16.5 Å². The Morgan fingerprint density at radius 2 is 2.15 bits per heavy atom. The van der Waals surface area contributed by atoms with Gasteiger partial charge in [-0.05, 0) is 6.85 Å². The van der Waals surface area contributed by atoms with Crippen LogP contribution in [0.15, 0.2) is 34.8 Å². The molecule has 0 aliphatic rings. The number of aryl methyl sites for hydroxylation is 1. The van der Waals surface area contributed by atoms with E-state index in [0.717, 1.165) is 5.39 Å². The van der Waals surface area contributed by atoms with E-state index in [2.05, 4.69) is 20.5 Å². The molecular formula is C13H8ClN5O. The summed E-state index contributed by atoms with van der Waals surface area (Å²) >= 11 is 6.20. The minimum absolute atomic E-state index is 0.0625. The monoisotopic (exact) mass is 289 g/mol. The van der Waals surface area contributed by atoms with Crippen molar-refractivity contribution in [2.45, 2.75) is 6.85 Å². The van der Waals surface area contributed by atoms with Gasteiger partial charge in [0.2, 0.25) is 5.82 Å². The summed E-state index contributed by atoms with van der Waals surface area (Å²) < 4.78 is 36.2. The van der Waals surface area contributed by atoms with Crippen LogP contribution in [0.1, 0.15) is 11.2 Å². The molecule has 0 aliphatic heterocycles. The van der Waals surface area contributed by atoms with Crippen LogP contribution >= 0.6 is 11.6 Å². The molecule has 6 nitrogen and oxygen atoms in total. The van der Waals surface area contributed by atoms with Crippen LogP contribution in [0.3, 0.4) is 0 Å². The fraction of sp³-hybridized carbons (Fsp3) is 0.0769. The van der Waals surface area contributed by atoms with E-state index in [-0.39, 0.29) is 22.7 Å². The van der Waals surface area contributed by atoms with E-state index in [0.29, 0.717) is 11.0 Å². The molecule has 0 N–H and O–H groups in total. The van der Waals surface area contributed by atoms with Crippen molar-refractivity contribution in [2.75, 3.05) is 0 Å². The van der Waals surface area contributed by atoms with Crippen LogP contribution in [0.2, 0.25) is 5.15 Å². The molecule has 0 aliphatic carbocycles. The third kappa shape index (κ3) is 1.51. The first kappa shape index (κ1) is 7.96. The van der Waals surface area contributed by atoms with E-state index in [1.165, 1.54) is 4.52 Å². The molecule has 4 aromatic rings. The molecule has 1 aromatic carbocycles. The van der Waals surface area contributed by atoms with Gasteiger partial charge < -0.3 is 4.52 Å². The zero-order chi connectivity index (χ0) is 17.1. The second-order valence-corrected chi connectivity index (χ2v) is 4.44. The van der Waals surface area contributed by atoms with E-state index in [1.54, 1.807) is 6.07 Å². The quantitative estimate of drug-likeness (QED) is 0.539. The number of benzene rings is 1. The molecule has 20 heavy (non-hydrogen) atoms. The minimum Gasteiger partial charge on any atom is -0.361 e. The number of rotatable bonds is 1. The topological polar surface area (TPSA) is 69.1 Å². The Morgan fingerprint density at radius 1 is 1.30 bits per heavy atom. The molecule has 0 saturated heterocycles. The van der Waals surface area contributed by atoms with Crippen LogP contribution in [-0.2, 0) is 0 Å². The third-order valence-electron chi connectivity index (χ3n) is 2.89. The number of nitrogens with zero attached hydrogens (tertiary/aromatic N) is 5. The van der Waals surface area contributed by atoms with E-state index >= 15 is 0 Å². The molecule has 0 unspecified atom stereocenters. The molecule has 0 amide bonds. The van der Waals surface area contributed by atoms with Crippen molar-refractivity contribution in [1.29, 1.82) is 0 Å². The van der Waals surface area contributed by atoms with Crippen molar-refractivity contribution in [1.82, 2.24) is 25.0 Å². The summed E-state index contributed by atoms with van der Waals surface area (Å²) in [5, 5.41) is 17.6. The standard InChI is InChI=1S/C13H8ClN5O/c1-7-6-10(18-20-7)13-16-15-12-9-5-3-2-4-8(9)11(14)17-19(12)13/h2-6H,1H3/i1D3,6D. The Bertz CT molecular complexity index is 1090. The van der Waals surface area contributed by atoms with Crippen LogP contribution in [0, 0.1) is 6.85 Å². The molecule has 0 spiro atoms. The summed E-state index contributed by atoms with van der Waals surface area (Å²) in [6, 6.07) is 6.89. The fourth-order valence-electron chi connectivity index (χ4n) is 2.03. The summed E-state index contributed by atoms with van der Waals surface area (Å²) in [5.41, 5.74) is 0.357. The molecule has 98 valence electrons. The minimum atomic E-state index is -2.58. The van der Waals surface area contributed by atoms with E-state index in [4.69, 9.17) is 21.6 Å². The summed E-state index contributed by atoms with van der Waals surface area (Å²) in [6.07, 6.45) is 0. The van der Waals surface area contributed by atoms with Gasteiger partial charge in [0.1, 0.15) is 5.76 Å². The molecule has 0 fully saturated rings. The maximum Gasteiger partial charge on any atom is 0.207 e. The van der Waals surface area contributed by atoms with Gasteiger partial charge in [-0.1, -0.05) is 41.0 Å². The Labute approximate surface area is 123 Å². The SMILES string of the molecule is [2H]c1c(-c2nnc3c4ccccc4c(Cl)nn23)noc1C([2H])([2H])[2H]. The van der Waals surface area contributed by atoms with Gasteiger partial charge in [0, 0.05) is 20.9 Å². The van der Waals surface area contributed by atoms with Gasteiger partial charge in [0.25, 0.3) is 0 Å². The highest BCUT2D eigenvalue weighted by Crippen LogP contribution is 2.26. The lowest BCUT2D eigenvalue weighted by molar-refractivity contribution is 0.399. The predicted molar refractivity (Wildman–Crippen MR) is 73.5 cm³/mol. The first-order valence-corrected chi connectivity index (χ1v) is 6.02. The van der Waals surface area contributed by atoms with Crippen molar-refractivity contribution in [3.05, 3.63) is 41.2 Å². The molecular weight excluding hydrogens is 278 g/mol. The van der Waals surface area contributed by atoms with Crippen LogP contribution in [0.25, 0.3) is 27.9 Å². The van der Waals surface area contributed by atoms with E-state index in [9.17, 15) is 0 Å². The molecule has 3 heterocycles. The highest BCUT2D eigenvalue weighted by molar-refractivity contribution is 6.34. The fourth-order valence-corrected chi connectivity index (χ4v) is 2.27. The van der Waals surface area contributed by atoms with Crippen molar-refractivity contribution in [3.63, 3.8) is 0 Å². The summed E-state index contributed by atoms with van der Waals surface area (Å²) in [4.78, 5) is 0. The number of aromatic nitrogens is 5. The van der Waals surface area contributed by atoms with E-state index < -0.39 is 12.6 Å². The van der Waals surface area contributed by atoms with Gasteiger partial charge in [-0.3, -0.25) is 0 Å².